The highest BCUT2D eigenvalue weighted by Gasteiger charge is 2.76. The number of hydrogen-bond acceptors (Lipinski definition) is 7. The van der Waals surface area contributed by atoms with Crippen LogP contribution in [0.5, 0.6) is 17.2 Å². The molecule has 13 heteroatoms. The van der Waals surface area contributed by atoms with Crippen LogP contribution in [0.3, 0.4) is 0 Å². The van der Waals surface area contributed by atoms with Crippen molar-refractivity contribution < 1.29 is 38.5 Å². The quantitative estimate of drug-likeness (QED) is 0.191. The molecule has 2 saturated heterocycles. The van der Waals surface area contributed by atoms with Gasteiger partial charge in [-0.3, -0.25) is 24.1 Å². The molecule has 0 radical (unpaired) electrons. The first-order chi connectivity index (χ1) is 22.8. The van der Waals surface area contributed by atoms with Crippen molar-refractivity contribution in [3.63, 3.8) is 0 Å². The molecule has 6 unspecified atom stereocenters. The minimum absolute atomic E-state index is 0.0194. The number of halogens is 4. The van der Waals surface area contributed by atoms with Crippen molar-refractivity contribution in [1.82, 2.24) is 4.90 Å². The maximum absolute atomic E-state index is 14.5. The highest BCUT2D eigenvalue weighted by molar-refractivity contribution is 6.58. The minimum atomic E-state index is -2.16. The zero-order valence-corrected chi connectivity index (χ0v) is 27.6. The summed E-state index contributed by atoms with van der Waals surface area (Å²) in [7, 11) is 1.32. The zero-order valence-electron chi connectivity index (χ0n) is 25.3. The SMILES string of the molecule is COc1cc(C2C3=CCC4C(=O)N(CCc5ccc(O)cc5)C(=O)C4C3CC3(Cl)C(=O)N(c4ccc(F)cc4)C(=O)C23Cl)cc(Cl)c1O. The second-order valence-corrected chi connectivity index (χ2v) is 14.2. The van der Waals surface area contributed by atoms with Crippen LogP contribution in [-0.2, 0) is 25.6 Å². The number of aromatic hydroxyl groups is 2. The Bertz CT molecular complexity index is 1920. The van der Waals surface area contributed by atoms with Gasteiger partial charge in [-0.05, 0) is 84.8 Å². The Labute approximate surface area is 289 Å². The Morgan fingerprint density at radius 1 is 0.938 bits per heavy atom. The fourth-order valence-corrected chi connectivity index (χ4v) is 9.03. The Hall–Kier alpha value is -4.12. The molecule has 4 aliphatic rings. The molecule has 3 aromatic rings. The second kappa shape index (κ2) is 11.5. The van der Waals surface area contributed by atoms with Gasteiger partial charge in [-0.25, -0.2) is 9.29 Å². The number of carbonyl (C=O) groups is 4. The highest BCUT2D eigenvalue weighted by Crippen LogP contribution is 2.66. The van der Waals surface area contributed by atoms with E-state index in [1.165, 1.54) is 48.4 Å². The molecule has 48 heavy (non-hydrogen) atoms. The van der Waals surface area contributed by atoms with Crippen molar-refractivity contribution in [1.29, 1.82) is 0 Å². The Kier molecular flexibility index (Phi) is 7.77. The van der Waals surface area contributed by atoms with E-state index in [1.54, 1.807) is 18.2 Å². The van der Waals surface area contributed by atoms with Gasteiger partial charge in [0.1, 0.15) is 11.6 Å². The van der Waals surface area contributed by atoms with Crippen LogP contribution < -0.4 is 9.64 Å². The van der Waals surface area contributed by atoms with Gasteiger partial charge in [0.05, 0.1) is 29.7 Å². The number of ether oxygens (including phenoxy) is 1. The molecule has 2 aliphatic carbocycles. The topological polar surface area (TPSA) is 124 Å². The van der Waals surface area contributed by atoms with Crippen molar-refractivity contribution in [2.45, 2.75) is 34.9 Å². The van der Waals surface area contributed by atoms with Crippen molar-refractivity contribution >= 4 is 64.1 Å². The number of fused-ring (bicyclic) bond motifs is 4. The summed E-state index contributed by atoms with van der Waals surface area (Å²) in [6.45, 7) is 0.104. The van der Waals surface area contributed by atoms with Gasteiger partial charge in [0.15, 0.2) is 21.2 Å². The fraction of sp³-hybridized carbons (Fsp3) is 0.314. The number of hydrogen-bond donors (Lipinski definition) is 2. The number of phenols is 2. The highest BCUT2D eigenvalue weighted by atomic mass is 35.5. The van der Waals surface area contributed by atoms with E-state index < -0.39 is 57.0 Å². The lowest BCUT2D eigenvalue weighted by atomic mass is 9.56. The van der Waals surface area contributed by atoms with Crippen molar-refractivity contribution in [3.8, 4) is 17.2 Å². The third kappa shape index (κ3) is 4.56. The smallest absolute Gasteiger partial charge is 0.258 e. The van der Waals surface area contributed by atoms with Crippen LogP contribution in [0.4, 0.5) is 10.1 Å². The number of rotatable bonds is 6. The summed E-state index contributed by atoms with van der Waals surface area (Å²) in [6.07, 6.45) is 2.08. The Morgan fingerprint density at radius 3 is 2.29 bits per heavy atom. The number of amides is 4. The second-order valence-electron chi connectivity index (χ2n) is 12.5. The molecular formula is C35H28Cl3FN2O7. The van der Waals surface area contributed by atoms with Crippen LogP contribution in [0.25, 0.3) is 0 Å². The van der Waals surface area contributed by atoms with Gasteiger partial charge in [-0.2, -0.15) is 0 Å². The number of methoxy groups -OCH3 is 1. The lowest BCUT2D eigenvalue weighted by Crippen LogP contribution is -2.60. The number of carbonyl (C=O) groups excluding carboxylic acids is 4. The summed E-state index contributed by atoms with van der Waals surface area (Å²) in [5.41, 5.74) is 1.71. The average Bonchev–Trinajstić information content (AvgIpc) is 3.39. The van der Waals surface area contributed by atoms with E-state index in [2.05, 4.69) is 0 Å². The lowest BCUT2D eigenvalue weighted by Gasteiger charge is -2.50. The first-order valence-corrected chi connectivity index (χ1v) is 16.4. The largest absolute Gasteiger partial charge is 0.508 e. The Morgan fingerprint density at radius 2 is 1.62 bits per heavy atom. The zero-order chi connectivity index (χ0) is 34.3. The number of likely N-dealkylation sites (tertiary alicyclic amines) is 1. The van der Waals surface area contributed by atoms with Gasteiger partial charge in [-0.1, -0.05) is 35.4 Å². The van der Waals surface area contributed by atoms with Gasteiger partial charge >= 0.3 is 0 Å². The molecule has 2 heterocycles. The minimum Gasteiger partial charge on any atom is -0.508 e. The average molecular weight is 714 g/mol. The van der Waals surface area contributed by atoms with E-state index >= 15 is 0 Å². The number of anilines is 1. The normalized spacial score (nSPS) is 29.5. The van der Waals surface area contributed by atoms with Gasteiger partial charge in [-0.15, -0.1) is 23.2 Å². The van der Waals surface area contributed by atoms with Crippen LogP contribution in [0.2, 0.25) is 5.02 Å². The summed E-state index contributed by atoms with van der Waals surface area (Å²) in [5.74, 6) is -6.88. The molecule has 0 aromatic heterocycles. The molecule has 2 aliphatic heterocycles. The molecule has 9 nitrogen and oxygen atoms in total. The van der Waals surface area contributed by atoms with Gasteiger partial charge in [0.2, 0.25) is 11.8 Å². The van der Waals surface area contributed by atoms with Gasteiger partial charge in [0, 0.05) is 12.5 Å². The predicted octanol–water partition coefficient (Wildman–Crippen LogP) is 5.71. The van der Waals surface area contributed by atoms with E-state index in [-0.39, 0.29) is 53.3 Å². The molecule has 0 spiro atoms. The third-order valence-electron chi connectivity index (χ3n) is 10.2. The molecule has 3 fully saturated rings. The molecule has 4 amide bonds. The van der Waals surface area contributed by atoms with E-state index in [0.29, 0.717) is 17.6 Å². The number of allylic oxidation sites excluding steroid dienone is 2. The summed E-state index contributed by atoms with van der Waals surface area (Å²) in [6, 6.07) is 14.1. The molecular weight excluding hydrogens is 686 g/mol. The van der Waals surface area contributed by atoms with Crippen molar-refractivity contribution in [2.75, 3.05) is 18.6 Å². The lowest BCUT2D eigenvalue weighted by molar-refractivity contribution is -0.140. The number of benzene rings is 3. The first kappa shape index (κ1) is 32.4. The standard InChI is InChI=1S/C35H28Cl3FN2O7/c1-48-26-15-18(14-25(36)29(26)43)28-22-10-11-23-27(31(45)40(30(23)44)13-12-17-2-8-21(42)9-3-17)24(22)16-34(37)32(46)41(33(47)35(28,34)38)20-6-4-19(39)5-7-20/h2-10,14-15,23-24,27-28,42-43H,11-13,16H2,1H3. The fourth-order valence-electron chi connectivity index (χ4n) is 7.88. The molecule has 2 N–H and O–H groups in total. The van der Waals surface area contributed by atoms with Crippen molar-refractivity contribution in [3.05, 3.63) is 94.3 Å². The predicted molar refractivity (Wildman–Crippen MR) is 175 cm³/mol. The maximum Gasteiger partial charge on any atom is 0.258 e. The first-order valence-electron chi connectivity index (χ1n) is 15.2. The number of alkyl halides is 2. The number of imide groups is 2. The van der Waals surface area contributed by atoms with E-state index in [0.717, 1.165) is 22.6 Å². The monoisotopic (exact) mass is 712 g/mol. The molecule has 248 valence electrons. The number of phenolic OH excluding ortho intramolecular Hbond substituents is 2. The number of nitrogens with zero attached hydrogens (tertiary/aromatic N) is 2. The van der Waals surface area contributed by atoms with E-state index in [4.69, 9.17) is 39.5 Å². The maximum atomic E-state index is 14.5. The van der Waals surface area contributed by atoms with Crippen LogP contribution in [0, 0.1) is 23.6 Å². The van der Waals surface area contributed by atoms with Crippen molar-refractivity contribution in [2.24, 2.45) is 17.8 Å². The summed E-state index contributed by atoms with van der Waals surface area (Å²) in [4.78, 5) is 54.5. The van der Waals surface area contributed by atoms with Crippen LogP contribution >= 0.6 is 34.8 Å². The van der Waals surface area contributed by atoms with Gasteiger partial charge in [0.25, 0.3) is 11.8 Å². The van der Waals surface area contributed by atoms with E-state index in [9.17, 15) is 33.8 Å². The van der Waals surface area contributed by atoms with Crippen LogP contribution in [0.1, 0.15) is 29.9 Å². The molecule has 0 bridgehead atoms. The van der Waals surface area contributed by atoms with E-state index in [1.807, 2.05) is 0 Å². The summed E-state index contributed by atoms with van der Waals surface area (Å²) < 4.78 is 19.2. The summed E-state index contributed by atoms with van der Waals surface area (Å²) in [5, 5.41) is 20.1. The van der Waals surface area contributed by atoms with Gasteiger partial charge < -0.3 is 14.9 Å². The van der Waals surface area contributed by atoms with Crippen LogP contribution in [0.15, 0.2) is 72.3 Å². The van der Waals surface area contributed by atoms with Crippen LogP contribution in [-0.4, -0.2) is 62.1 Å². The molecule has 1 saturated carbocycles. The third-order valence-corrected chi connectivity index (χ3v) is 11.9. The Balaban J connectivity index is 1.34. The molecule has 7 rings (SSSR count). The molecule has 3 aromatic carbocycles. The molecule has 6 atom stereocenters. The summed E-state index contributed by atoms with van der Waals surface area (Å²) >= 11 is 21.2.